The Hall–Kier alpha value is -8.54. The highest BCUT2D eigenvalue weighted by molar-refractivity contribution is 6.10. The summed E-state index contributed by atoms with van der Waals surface area (Å²) in [6, 6.07) is 73.1. The summed E-state index contributed by atoms with van der Waals surface area (Å²) in [7, 11) is 0. The van der Waals surface area contributed by atoms with Gasteiger partial charge in [-0.05, 0) is 142 Å². The number of furan rings is 2. The highest BCUT2D eigenvalue weighted by atomic mass is 16.3. The Kier molecular flexibility index (Phi) is 7.84. The van der Waals surface area contributed by atoms with Crippen LogP contribution in [0.25, 0.3) is 127 Å². The zero-order chi connectivity index (χ0) is 41.4. The smallest absolute Gasteiger partial charge is 0.227 e. The normalized spacial score (nSPS) is 11.8. The molecule has 0 aliphatic heterocycles. The van der Waals surface area contributed by atoms with Crippen molar-refractivity contribution in [1.82, 2.24) is 14.5 Å². The van der Waals surface area contributed by atoms with Gasteiger partial charge in [0.15, 0.2) is 0 Å². The van der Waals surface area contributed by atoms with Crippen molar-refractivity contribution in [2.75, 3.05) is 0 Å². The molecule has 294 valence electrons. The average Bonchev–Trinajstić information content (AvgIpc) is 4.03. The van der Waals surface area contributed by atoms with Crippen LogP contribution in [0.15, 0.2) is 221 Å². The van der Waals surface area contributed by atoms with E-state index in [-0.39, 0.29) is 0 Å². The molecule has 5 heteroatoms. The first-order valence-corrected chi connectivity index (χ1v) is 21.2. The third-order valence-electron chi connectivity index (χ3n) is 12.5. The van der Waals surface area contributed by atoms with Crippen LogP contribution in [0.5, 0.6) is 0 Å². The number of aromatic nitrogens is 3. The number of pyridine rings is 2. The molecule has 0 radical (unpaired) electrons. The fourth-order valence-corrected chi connectivity index (χ4v) is 9.39. The van der Waals surface area contributed by atoms with Crippen LogP contribution >= 0.6 is 0 Å². The largest absolute Gasteiger partial charge is 0.456 e. The molecule has 0 bridgehead atoms. The standard InChI is InChI=1S/C58H35N3O2/c1-2-16-45(17-3-1)61-52-25-21-41(37-11-7-13-39(31-37)42-22-27-55-48(33-42)46-18-4-5-20-54(46)62-55)35-50(52)57-53(61)26-24-51(60-57)44-15-8-14-40(32-44)36-10-6-12-38(30-36)43-23-28-56-49(34-43)47-19-9-29-59-58(47)63-56/h1-35H. The predicted octanol–water partition coefficient (Wildman–Crippen LogP) is 15.7. The van der Waals surface area contributed by atoms with Crippen LogP contribution in [0.3, 0.4) is 0 Å². The maximum absolute atomic E-state index is 6.14. The number of rotatable bonds is 6. The Labute approximate surface area is 361 Å². The Morgan fingerprint density at radius 1 is 0.333 bits per heavy atom. The van der Waals surface area contributed by atoms with Gasteiger partial charge in [0.1, 0.15) is 16.7 Å². The maximum atomic E-state index is 6.14. The molecule has 0 fully saturated rings. The number of para-hydroxylation sites is 2. The SMILES string of the molecule is c1ccc(-n2c3ccc(-c4cccc(-c5ccc6oc7ccccc7c6c5)c4)cc3c3nc(-c4cccc(-c5cccc(-c6ccc7oc8ncccc8c7c6)c5)c4)ccc32)cc1. The molecule has 0 aliphatic carbocycles. The zero-order valence-corrected chi connectivity index (χ0v) is 33.9. The van der Waals surface area contributed by atoms with E-state index in [0.29, 0.717) is 5.71 Å². The van der Waals surface area contributed by atoms with Crippen LogP contribution in [-0.4, -0.2) is 14.5 Å². The summed E-state index contributed by atoms with van der Waals surface area (Å²) < 4.78 is 14.5. The van der Waals surface area contributed by atoms with Gasteiger partial charge in [0.25, 0.3) is 0 Å². The minimum absolute atomic E-state index is 0.659. The molecule has 0 amide bonds. The van der Waals surface area contributed by atoms with Crippen molar-refractivity contribution in [2.24, 2.45) is 0 Å². The van der Waals surface area contributed by atoms with Crippen molar-refractivity contribution in [2.45, 2.75) is 0 Å². The van der Waals surface area contributed by atoms with Gasteiger partial charge in [-0.1, -0.05) is 109 Å². The summed E-state index contributed by atoms with van der Waals surface area (Å²) in [5, 5.41) is 5.45. The van der Waals surface area contributed by atoms with Crippen molar-refractivity contribution in [3.63, 3.8) is 0 Å². The van der Waals surface area contributed by atoms with E-state index in [1.165, 1.54) is 0 Å². The van der Waals surface area contributed by atoms with Crippen LogP contribution < -0.4 is 0 Å². The maximum Gasteiger partial charge on any atom is 0.227 e. The van der Waals surface area contributed by atoms with Crippen molar-refractivity contribution in [1.29, 1.82) is 0 Å². The Morgan fingerprint density at radius 3 is 1.57 bits per heavy atom. The number of benzene rings is 8. The minimum Gasteiger partial charge on any atom is -0.456 e. The van der Waals surface area contributed by atoms with Gasteiger partial charge in [0.2, 0.25) is 5.71 Å². The molecule has 8 aromatic carbocycles. The predicted molar refractivity (Wildman–Crippen MR) is 258 cm³/mol. The molecule has 0 saturated carbocycles. The first kappa shape index (κ1) is 35.2. The Morgan fingerprint density at radius 2 is 0.857 bits per heavy atom. The van der Waals surface area contributed by atoms with Gasteiger partial charge in [-0.25, -0.2) is 9.97 Å². The van der Waals surface area contributed by atoms with E-state index in [1.807, 2.05) is 24.3 Å². The summed E-state index contributed by atoms with van der Waals surface area (Å²) >= 11 is 0. The molecular weight excluding hydrogens is 771 g/mol. The average molecular weight is 806 g/mol. The lowest BCUT2D eigenvalue weighted by molar-refractivity contribution is 0.654. The molecule has 0 spiro atoms. The second-order valence-electron chi connectivity index (χ2n) is 16.2. The van der Waals surface area contributed by atoms with Crippen LogP contribution in [0.2, 0.25) is 0 Å². The van der Waals surface area contributed by atoms with E-state index < -0.39 is 0 Å². The van der Waals surface area contributed by atoms with Crippen molar-refractivity contribution in [3.8, 4) is 61.5 Å². The third kappa shape index (κ3) is 5.86. The molecule has 0 saturated heterocycles. The molecule has 0 N–H and O–H groups in total. The van der Waals surface area contributed by atoms with Crippen molar-refractivity contribution in [3.05, 3.63) is 212 Å². The molecule has 5 nitrogen and oxygen atoms in total. The summed E-state index contributed by atoms with van der Waals surface area (Å²) in [5.74, 6) is 0. The van der Waals surface area contributed by atoms with Gasteiger partial charge in [-0.2, -0.15) is 0 Å². The van der Waals surface area contributed by atoms with E-state index in [2.05, 4.69) is 192 Å². The van der Waals surface area contributed by atoms with Crippen LogP contribution in [0, 0.1) is 0 Å². The topological polar surface area (TPSA) is 57.0 Å². The molecule has 5 aromatic heterocycles. The Balaban J connectivity index is 0.896. The van der Waals surface area contributed by atoms with Crippen LogP contribution in [-0.2, 0) is 0 Å². The second kappa shape index (κ2) is 14.0. The van der Waals surface area contributed by atoms with Gasteiger partial charge in [0, 0.05) is 44.4 Å². The van der Waals surface area contributed by atoms with E-state index in [9.17, 15) is 0 Å². The summed E-state index contributed by atoms with van der Waals surface area (Å²) in [6.45, 7) is 0. The van der Waals surface area contributed by atoms with Crippen molar-refractivity contribution >= 4 is 65.9 Å². The quantitative estimate of drug-likeness (QED) is 0.168. The Bertz CT molecular complexity index is 3930. The van der Waals surface area contributed by atoms with E-state index in [1.54, 1.807) is 6.20 Å². The van der Waals surface area contributed by atoms with Crippen molar-refractivity contribution < 1.29 is 8.83 Å². The van der Waals surface area contributed by atoms with E-state index >= 15 is 0 Å². The molecule has 0 unspecified atom stereocenters. The van der Waals surface area contributed by atoms with E-state index in [4.69, 9.17) is 13.8 Å². The zero-order valence-electron chi connectivity index (χ0n) is 33.9. The lowest BCUT2D eigenvalue weighted by atomic mass is 9.96. The van der Waals surface area contributed by atoms with Gasteiger partial charge >= 0.3 is 0 Å². The van der Waals surface area contributed by atoms with Gasteiger partial charge < -0.3 is 13.4 Å². The number of hydrogen-bond acceptors (Lipinski definition) is 4. The first-order chi connectivity index (χ1) is 31.2. The first-order valence-electron chi connectivity index (χ1n) is 21.2. The van der Waals surface area contributed by atoms with E-state index in [0.717, 1.165) is 122 Å². The highest BCUT2D eigenvalue weighted by Crippen LogP contribution is 2.39. The molecule has 0 aliphatic rings. The second-order valence-corrected chi connectivity index (χ2v) is 16.2. The van der Waals surface area contributed by atoms with Crippen LogP contribution in [0.1, 0.15) is 0 Å². The lowest BCUT2D eigenvalue weighted by Gasteiger charge is -2.09. The minimum atomic E-state index is 0.659. The van der Waals surface area contributed by atoms with Gasteiger partial charge in [0.05, 0.1) is 22.2 Å². The van der Waals surface area contributed by atoms with Crippen LogP contribution in [0.4, 0.5) is 0 Å². The summed E-state index contributed by atoms with van der Waals surface area (Å²) in [4.78, 5) is 9.89. The van der Waals surface area contributed by atoms with Gasteiger partial charge in [-0.3, -0.25) is 0 Å². The number of fused-ring (bicyclic) bond motifs is 9. The molecule has 13 aromatic rings. The summed E-state index contributed by atoms with van der Waals surface area (Å²) in [6.07, 6.45) is 1.77. The summed E-state index contributed by atoms with van der Waals surface area (Å²) in [5.41, 5.74) is 18.7. The third-order valence-corrected chi connectivity index (χ3v) is 12.5. The molecule has 0 atom stereocenters. The molecule has 13 rings (SSSR count). The number of nitrogens with zero attached hydrogens (tertiary/aromatic N) is 3. The molecule has 63 heavy (non-hydrogen) atoms. The molecule has 5 heterocycles. The lowest BCUT2D eigenvalue weighted by Crippen LogP contribution is -1.93. The number of hydrogen-bond donors (Lipinski definition) is 0. The monoisotopic (exact) mass is 805 g/mol. The van der Waals surface area contributed by atoms with Gasteiger partial charge in [-0.15, -0.1) is 0 Å². The fraction of sp³-hybridized carbons (Fsp3) is 0. The molecular formula is C58H35N3O2. The fourth-order valence-electron chi connectivity index (χ4n) is 9.39. The highest BCUT2D eigenvalue weighted by Gasteiger charge is 2.17.